The van der Waals surface area contributed by atoms with Gasteiger partial charge in [0.25, 0.3) is 11.5 Å². The molecule has 1 aromatic heterocycles. The predicted octanol–water partition coefficient (Wildman–Crippen LogP) is 1.35. The molecule has 2 rings (SSSR count). The first-order valence-electron chi connectivity index (χ1n) is 5.12. The highest BCUT2D eigenvalue weighted by molar-refractivity contribution is 6.04. The van der Waals surface area contributed by atoms with Crippen LogP contribution in [0.2, 0.25) is 0 Å². The first-order valence-corrected chi connectivity index (χ1v) is 5.12. The summed E-state index contributed by atoms with van der Waals surface area (Å²) in [6.07, 6.45) is 1.43. The average Bonchev–Trinajstić information content (AvgIpc) is 2.34. The minimum Gasteiger partial charge on any atom is -0.396 e. The molecule has 1 aromatic carbocycles. The fourth-order valence-electron chi connectivity index (χ4n) is 1.42. The fraction of sp³-hybridized carbons (Fsp3) is 0. The molecule has 0 bridgehead atoms. The Hall–Kier alpha value is -2.63. The second-order valence-electron chi connectivity index (χ2n) is 3.60. The molecule has 0 aliphatic carbocycles. The van der Waals surface area contributed by atoms with Gasteiger partial charge in [0.1, 0.15) is 11.4 Å². The zero-order valence-electron chi connectivity index (χ0n) is 9.24. The number of aromatic amines is 1. The highest BCUT2D eigenvalue weighted by Crippen LogP contribution is 2.16. The van der Waals surface area contributed by atoms with Gasteiger partial charge in [0.15, 0.2) is 0 Å². The minimum atomic E-state index is -0.581. The molecule has 0 spiro atoms. The van der Waals surface area contributed by atoms with Gasteiger partial charge in [-0.3, -0.25) is 9.59 Å². The summed E-state index contributed by atoms with van der Waals surface area (Å²) in [5, 5.41) is 2.46. The Bertz CT molecular complexity index is 652. The molecule has 0 unspecified atom stereocenters. The second kappa shape index (κ2) is 4.70. The number of anilines is 2. The molecule has 0 aliphatic rings. The zero-order chi connectivity index (χ0) is 13.1. The number of halogens is 1. The van der Waals surface area contributed by atoms with E-state index in [1.54, 1.807) is 0 Å². The number of nitrogen functional groups attached to an aromatic ring is 1. The number of benzene rings is 1. The van der Waals surface area contributed by atoms with E-state index in [2.05, 4.69) is 10.3 Å². The molecule has 0 saturated heterocycles. The summed E-state index contributed by atoms with van der Waals surface area (Å²) in [7, 11) is 0. The van der Waals surface area contributed by atoms with Crippen molar-refractivity contribution in [2.75, 3.05) is 11.1 Å². The van der Waals surface area contributed by atoms with Crippen molar-refractivity contribution in [3.8, 4) is 0 Å². The van der Waals surface area contributed by atoms with E-state index < -0.39 is 17.3 Å². The van der Waals surface area contributed by atoms with E-state index in [1.165, 1.54) is 30.5 Å². The van der Waals surface area contributed by atoms with Crippen molar-refractivity contribution in [2.24, 2.45) is 0 Å². The number of hydrogen-bond acceptors (Lipinski definition) is 3. The Morgan fingerprint density at radius 3 is 2.78 bits per heavy atom. The van der Waals surface area contributed by atoms with Gasteiger partial charge in [0.2, 0.25) is 0 Å². The molecular formula is C12H10FN3O2. The Morgan fingerprint density at radius 1 is 1.33 bits per heavy atom. The van der Waals surface area contributed by atoms with Crippen LogP contribution < -0.4 is 16.6 Å². The number of H-pyrrole nitrogens is 1. The van der Waals surface area contributed by atoms with Crippen LogP contribution in [0.15, 0.2) is 41.3 Å². The maximum absolute atomic E-state index is 12.9. The number of carbonyl (C=O) groups is 1. The van der Waals surface area contributed by atoms with Crippen LogP contribution in [0.3, 0.4) is 0 Å². The second-order valence-corrected chi connectivity index (χ2v) is 3.60. The minimum absolute atomic E-state index is 0.0274. The lowest BCUT2D eigenvalue weighted by molar-refractivity contribution is 0.102. The largest absolute Gasteiger partial charge is 0.396 e. The van der Waals surface area contributed by atoms with Gasteiger partial charge in [-0.15, -0.1) is 0 Å². The van der Waals surface area contributed by atoms with Gasteiger partial charge >= 0.3 is 0 Å². The van der Waals surface area contributed by atoms with E-state index in [1.807, 2.05) is 0 Å². The highest BCUT2D eigenvalue weighted by Gasteiger charge is 2.10. The first-order chi connectivity index (χ1) is 8.58. The predicted molar refractivity (Wildman–Crippen MR) is 65.8 cm³/mol. The molecule has 4 N–H and O–H groups in total. The van der Waals surface area contributed by atoms with Gasteiger partial charge in [-0.2, -0.15) is 0 Å². The van der Waals surface area contributed by atoms with Crippen LogP contribution in [0.5, 0.6) is 0 Å². The number of pyridine rings is 1. The number of hydrogen-bond donors (Lipinski definition) is 3. The van der Waals surface area contributed by atoms with Gasteiger partial charge in [0.05, 0.1) is 5.69 Å². The quantitative estimate of drug-likeness (QED) is 0.700. The molecular weight excluding hydrogens is 237 g/mol. The van der Waals surface area contributed by atoms with Crippen molar-refractivity contribution in [1.82, 2.24) is 4.98 Å². The number of carbonyl (C=O) groups excluding carboxylic acids is 1. The molecule has 0 saturated carbocycles. The smallest absolute Gasteiger partial charge is 0.261 e. The van der Waals surface area contributed by atoms with Crippen molar-refractivity contribution >= 4 is 17.3 Å². The van der Waals surface area contributed by atoms with Crippen LogP contribution in [-0.4, -0.2) is 10.9 Å². The third kappa shape index (κ3) is 2.37. The maximum atomic E-state index is 12.9. The summed E-state index contributed by atoms with van der Waals surface area (Å²) in [6, 6.07) is 6.71. The summed E-state index contributed by atoms with van der Waals surface area (Å²) in [5.74, 6) is -1.14. The summed E-state index contributed by atoms with van der Waals surface area (Å²) >= 11 is 0. The topological polar surface area (TPSA) is 88.0 Å². The SMILES string of the molecule is Nc1cc(NC(=O)c2ccc[nH]c2=O)ccc1F. The first kappa shape index (κ1) is 11.8. The molecule has 0 radical (unpaired) electrons. The van der Waals surface area contributed by atoms with Crippen LogP contribution in [0, 0.1) is 5.82 Å². The third-order valence-electron chi connectivity index (χ3n) is 2.32. The molecule has 1 heterocycles. The number of nitrogens with one attached hydrogen (secondary N) is 2. The van der Waals surface area contributed by atoms with Crippen molar-refractivity contribution in [3.63, 3.8) is 0 Å². The average molecular weight is 247 g/mol. The number of rotatable bonds is 2. The highest BCUT2D eigenvalue weighted by atomic mass is 19.1. The van der Waals surface area contributed by atoms with Crippen LogP contribution in [0.1, 0.15) is 10.4 Å². The third-order valence-corrected chi connectivity index (χ3v) is 2.32. The van der Waals surface area contributed by atoms with Crippen molar-refractivity contribution in [2.45, 2.75) is 0 Å². The zero-order valence-corrected chi connectivity index (χ0v) is 9.24. The molecule has 0 atom stereocenters. The Labute approximate surface area is 101 Å². The Balaban J connectivity index is 2.24. The summed E-state index contributed by atoms with van der Waals surface area (Å²) in [6.45, 7) is 0. The van der Waals surface area contributed by atoms with Crippen LogP contribution in [-0.2, 0) is 0 Å². The lowest BCUT2D eigenvalue weighted by Crippen LogP contribution is -2.22. The molecule has 2 aromatic rings. The molecule has 18 heavy (non-hydrogen) atoms. The van der Waals surface area contributed by atoms with Crippen LogP contribution in [0.4, 0.5) is 15.8 Å². The van der Waals surface area contributed by atoms with Gasteiger partial charge in [-0.05, 0) is 30.3 Å². The lowest BCUT2D eigenvalue weighted by Gasteiger charge is -2.05. The van der Waals surface area contributed by atoms with Gasteiger partial charge < -0.3 is 16.0 Å². The van der Waals surface area contributed by atoms with E-state index in [-0.39, 0.29) is 11.3 Å². The van der Waals surface area contributed by atoms with E-state index in [4.69, 9.17) is 5.73 Å². The Kier molecular flexibility index (Phi) is 3.09. The van der Waals surface area contributed by atoms with E-state index in [9.17, 15) is 14.0 Å². The molecule has 0 aliphatic heterocycles. The normalized spacial score (nSPS) is 10.1. The maximum Gasteiger partial charge on any atom is 0.261 e. The standard InChI is InChI=1S/C12H10FN3O2/c13-9-4-3-7(6-10(9)14)16-12(18)8-2-1-5-15-11(8)17/h1-6H,14H2,(H,15,17)(H,16,18). The molecule has 1 amide bonds. The van der Waals surface area contributed by atoms with Crippen molar-refractivity contribution in [3.05, 3.63) is 58.3 Å². The lowest BCUT2D eigenvalue weighted by atomic mass is 10.2. The number of aromatic nitrogens is 1. The van der Waals surface area contributed by atoms with Crippen molar-refractivity contribution in [1.29, 1.82) is 0 Å². The van der Waals surface area contributed by atoms with Gasteiger partial charge in [0, 0.05) is 11.9 Å². The van der Waals surface area contributed by atoms with Crippen molar-refractivity contribution < 1.29 is 9.18 Å². The Morgan fingerprint density at radius 2 is 2.11 bits per heavy atom. The molecule has 92 valence electrons. The molecule has 6 heteroatoms. The van der Waals surface area contributed by atoms with Gasteiger partial charge in [-0.1, -0.05) is 0 Å². The van der Waals surface area contributed by atoms with E-state index >= 15 is 0 Å². The monoisotopic (exact) mass is 247 g/mol. The number of amides is 1. The van der Waals surface area contributed by atoms with Crippen LogP contribution in [0.25, 0.3) is 0 Å². The summed E-state index contributed by atoms with van der Waals surface area (Å²) < 4.78 is 12.9. The fourth-order valence-corrected chi connectivity index (χ4v) is 1.42. The van der Waals surface area contributed by atoms with E-state index in [0.717, 1.165) is 6.07 Å². The summed E-state index contributed by atoms with van der Waals surface area (Å²) in [4.78, 5) is 25.5. The summed E-state index contributed by atoms with van der Waals surface area (Å²) in [5.41, 5.74) is 5.10. The molecule has 5 nitrogen and oxygen atoms in total. The van der Waals surface area contributed by atoms with E-state index in [0.29, 0.717) is 5.69 Å². The number of nitrogens with two attached hydrogens (primary N) is 1. The van der Waals surface area contributed by atoms with Crippen LogP contribution >= 0.6 is 0 Å². The molecule has 0 fully saturated rings. The van der Waals surface area contributed by atoms with Gasteiger partial charge in [-0.25, -0.2) is 4.39 Å².